The molecule has 118 valence electrons. The molecule has 1 fully saturated rings. The number of piperidine rings is 1. The molecule has 0 bridgehead atoms. The SMILES string of the molecule is CN(C)CC1CCN(C(CN)c2cc(F)ccc2Br)CC1. The van der Waals surface area contributed by atoms with Crippen LogP contribution < -0.4 is 5.73 Å². The van der Waals surface area contributed by atoms with Crippen LogP contribution in [0.3, 0.4) is 0 Å². The molecule has 1 aliphatic rings. The number of nitrogens with two attached hydrogens (primary N) is 1. The maximum absolute atomic E-state index is 13.5. The van der Waals surface area contributed by atoms with Gasteiger partial charge in [0.1, 0.15) is 5.82 Å². The van der Waals surface area contributed by atoms with Gasteiger partial charge in [0, 0.05) is 23.6 Å². The van der Waals surface area contributed by atoms with Crippen LogP contribution in [-0.2, 0) is 0 Å². The molecule has 0 aromatic heterocycles. The second-order valence-corrected chi connectivity index (χ2v) is 7.01. The fraction of sp³-hybridized carbons (Fsp3) is 0.625. The standard InChI is InChI=1S/C16H25BrFN3/c1-20(2)11-12-5-7-21(8-6-12)16(10-19)14-9-13(18)3-4-15(14)17/h3-4,9,12,16H,5-8,10-11,19H2,1-2H3. The van der Waals surface area contributed by atoms with Crippen LogP contribution in [0.5, 0.6) is 0 Å². The maximum atomic E-state index is 13.5. The molecule has 2 rings (SSSR count). The second kappa shape index (κ2) is 7.68. The van der Waals surface area contributed by atoms with Crippen LogP contribution >= 0.6 is 15.9 Å². The lowest BCUT2D eigenvalue weighted by Gasteiger charge is -2.38. The summed E-state index contributed by atoms with van der Waals surface area (Å²) in [5, 5.41) is 0. The Labute approximate surface area is 135 Å². The lowest BCUT2D eigenvalue weighted by molar-refractivity contribution is 0.122. The highest BCUT2D eigenvalue weighted by molar-refractivity contribution is 9.10. The molecule has 5 heteroatoms. The van der Waals surface area contributed by atoms with E-state index in [0.29, 0.717) is 6.54 Å². The molecule has 1 atom stereocenters. The topological polar surface area (TPSA) is 32.5 Å². The average Bonchev–Trinajstić information content (AvgIpc) is 2.44. The van der Waals surface area contributed by atoms with Gasteiger partial charge in [-0.3, -0.25) is 4.90 Å². The molecule has 0 aliphatic carbocycles. The summed E-state index contributed by atoms with van der Waals surface area (Å²) in [6, 6.07) is 4.94. The summed E-state index contributed by atoms with van der Waals surface area (Å²) < 4.78 is 14.5. The number of hydrogen-bond acceptors (Lipinski definition) is 3. The number of halogens is 2. The molecular formula is C16H25BrFN3. The van der Waals surface area contributed by atoms with E-state index < -0.39 is 0 Å². The number of nitrogens with zero attached hydrogens (tertiary/aromatic N) is 2. The smallest absolute Gasteiger partial charge is 0.123 e. The summed E-state index contributed by atoms with van der Waals surface area (Å²) in [4.78, 5) is 4.65. The minimum Gasteiger partial charge on any atom is -0.329 e. The van der Waals surface area contributed by atoms with Gasteiger partial charge < -0.3 is 10.6 Å². The quantitative estimate of drug-likeness (QED) is 0.879. The number of benzene rings is 1. The van der Waals surface area contributed by atoms with Crippen molar-refractivity contribution in [2.45, 2.75) is 18.9 Å². The van der Waals surface area contributed by atoms with E-state index in [1.54, 1.807) is 12.1 Å². The summed E-state index contributed by atoms with van der Waals surface area (Å²) in [6.45, 7) is 3.72. The van der Waals surface area contributed by atoms with Crippen molar-refractivity contribution in [1.82, 2.24) is 9.80 Å². The van der Waals surface area contributed by atoms with Crippen LogP contribution in [0.2, 0.25) is 0 Å². The van der Waals surface area contributed by atoms with Crippen LogP contribution in [0, 0.1) is 11.7 Å². The molecule has 0 radical (unpaired) electrons. The van der Waals surface area contributed by atoms with Crippen molar-refractivity contribution in [3.05, 3.63) is 34.1 Å². The molecule has 1 saturated heterocycles. The number of hydrogen-bond donors (Lipinski definition) is 1. The van der Waals surface area contributed by atoms with Crippen molar-refractivity contribution in [1.29, 1.82) is 0 Å². The molecular weight excluding hydrogens is 333 g/mol. The lowest BCUT2D eigenvalue weighted by atomic mass is 9.94. The average molecular weight is 358 g/mol. The minimum atomic E-state index is -0.200. The molecule has 1 heterocycles. The Morgan fingerprint density at radius 2 is 2.05 bits per heavy atom. The summed E-state index contributed by atoms with van der Waals surface area (Å²) in [7, 11) is 4.25. The van der Waals surface area contributed by atoms with Crippen LogP contribution in [0.25, 0.3) is 0 Å². The number of rotatable bonds is 5. The predicted molar refractivity (Wildman–Crippen MR) is 88.7 cm³/mol. The van der Waals surface area contributed by atoms with Gasteiger partial charge in [-0.15, -0.1) is 0 Å². The van der Waals surface area contributed by atoms with Crippen LogP contribution in [0.15, 0.2) is 22.7 Å². The Balaban J connectivity index is 2.04. The van der Waals surface area contributed by atoms with E-state index >= 15 is 0 Å². The Kier molecular flexibility index (Phi) is 6.17. The van der Waals surface area contributed by atoms with Gasteiger partial charge in [0.15, 0.2) is 0 Å². The molecule has 1 unspecified atom stereocenters. The molecule has 1 aliphatic heterocycles. The van der Waals surface area contributed by atoms with E-state index in [0.717, 1.165) is 35.6 Å². The van der Waals surface area contributed by atoms with E-state index in [1.165, 1.54) is 18.9 Å². The van der Waals surface area contributed by atoms with Crippen molar-refractivity contribution in [3.63, 3.8) is 0 Å². The first-order chi connectivity index (χ1) is 10.0. The Morgan fingerprint density at radius 1 is 1.38 bits per heavy atom. The van der Waals surface area contributed by atoms with E-state index in [2.05, 4.69) is 39.8 Å². The van der Waals surface area contributed by atoms with Gasteiger partial charge in [0.25, 0.3) is 0 Å². The Hall–Kier alpha value is -0.490. The first kappa shape index (κ1) is 16.9. The fourth-order valence-corrected chi connectivity index (χ4v) is 3.72. The fourth-order valence-electron chi connectivity index (χ4n) is 3.21. The van der Waals surface area contributed by atoms with Gasteiger partial charge >= 0.3 is 0 Å². The molecule has 1 aromatic carbocycles. The van der Waals surface area contributed by atoms with E-state index in [1.807, 2.05) is 0 Å². The summed E-state index contributed by atoms with van der Waals surface area (Å²) in [6.07, 6.45) is 2.36. The molecule has 3 nitrogen and oxygen atoms in total. The summed E-state index contributed by atoms with van der Waals surface area (Å²) >= 11 is 3.53. The van der Waals surface area contributed by atoms with E-state index in [9.17, 15) is 4.39 Å². The van der Waals surface area contributed by atoms with Gasteiger partial charge in [-0.25, -0.2) is 4.39 Å². The highest BCUT2D eigenvalue weighted by Crippen LogP contribution is 2.31. The predicted octanol–water partition coefficient (Wildman–Crippen LogP) is 2.86. The zero-order valence-electron chi connectivity index (χ0n) is 12.9. The third-order valence-electron chi connectivity index (χ3n) is 4.25. The monoisotopic (exact) mass is 357 g/mol. The summed E-state index contributed by atoms with van der Waals surface area (Å²) in [5.74, 6) is 0.555. The molecule has 0 amide bonds. The van der Waals surface area contributed by atoms with E-state index in [4.69, 9.17) is 5.73 Å². The first-order valence-corrected chi connectivity index (χ1v) is 8.34. The molecule has 2 N–H and O–H groups in total. The Bertz CT molecular complexity index is 459. The third kappa shape index (κ3) is 4.49. The first-order valence-electron chi connectivity index (χ1n) is 7.55. The van der Waals surface area contributed by atoms with Crippen molar-refractivity contribution in [2.24, 2.45) is 11.7 Å². The van der Waals surface area contributed by atoms with Crippen LogP contribution in [-0.4, -0.2) is 50.1 Å². The zero-order valence-corrected chi connectivity index (χ0v) is 14.4. The summed E-state index contributed by atoms with van der Waals surface area (Å²) in [5.41, 5.74) is 6.94. The normalized spacial score (nSPS) is 19.1. The van der Waals surface area contributed by atoms with Gasteiger partial charge in [-0.05, 0) is 69.7 Å². The van der Waals surface area contributed by atoms with Gasteiger partial charge in [0.05, 0.1) is 0 Å². The van der Waals surface area contributed by atoms with Gasteiger partial charge in [-0.1, -0.05) is 15.9 Å². The minimum absolute atomic E-state index is 0.0929. The zero-order chi connectivity index (χ0) is 15.4. The molecule has 21 heavy (non-hydrogen) atoms. The lowest BCUT2D eigenvalue weighted by Crippen LogP contribution is -2.41. The molecule has 0 spiro atoms. The van der Waals surface area contributed by atoms with Crippen molar-refractivity contribution >= 4 is 15.9 Å². The Morgan fingerprint density at radius 3 is 2.62 bits per heavy atom. The van der Waals surface area contributed by atoms with Crippen molar-refractivity contribution < 1.29 is 4.39 Å². The maximum Gasteiger partial charge on any atom is 0.123 e. The van der Waals surface area contributed by atoms with Gasteiger partial charge in [0.2, 0.25) is 0 Å². The van der Waals surface area contributed by atoms with Crippen LogP contribution in [0.4, 0.5) is 4.39 Å². The van der Waals surface area contributed by atoms with Crippen molar-refractivity contribution in [3.8, 4) is 0 Å². The highest BCUT2D eigenvalue weighted by atomic mass is 79.9. The van der Waals surface area contributed by atoms with Crippen molar-refractivity contribution in [2.75, 3.05) is 40.3 Å². The third-order valence-corrected chi connectivity index (χ3v) is 4.98. The van der Waals surface area contributed by atoms with Gasteiger partial charge in [-0.2, -0.15) is 0 Å². The largest absolute Gasteiger partial charge is 0.329 e. The highest BCUT2D eigenvalue weighted by Gasteiger charge is 2.26. The second-order valence-electron chi connectivity index (χ2n) is 6.16. The van der Waals surface area contributed by atoms with Crippen LogP contribution in [0.1, 0.15) is 24.4 Å². The van der Waals surface area contributed by atoms with E-state index in [-0.39, 0.29) is 11.9 Å². The molecule has 1 aromatic rings. The number of likely N-dealkylation sites (tertiary alicyclic amines) is 1. The molecule has 0 saturated carbocycles.